The van der Waals surface area contributed by atoms with Gasteiger partial charge in [-0.1, -0.05) is 30.3 Å². The van der Waals surface area contributed by atoms with Gasteiger partial charge in [0.25, 0.3) is 0 Å². The van der Waals surface area contributed by atoms with Crippen LogP contribution in [0, 0.1) is 0 Å². The summed E-state index contributed by atoms with van der Waals surface area (Å²) in [5, 5.41) is 46.5. The lowest BCUT2D eigenvalue weighted by molar-refractivity contribution is -0.153. The topological polar surface area (TPSA) is 161 Å². The van der Waals surface area contributed by atoms with E-state index in [0.29, 0.717) is 0 Å². The molecule has 0 heterocycles. The van der Waals surface area contributed by atoms with Gasteiger partial charge in [-0.25, -0.2) is 0 Å². The molecule has 23 heavy (non-hydrogen) atoms. The minimum absolute atomic E-state index is 0.0852. The van der Waals surface area contributed by atoms with Crippen molar-refractivity contribution in [2.75, 3.05) is 6.61 Å². The predicted octanol–water partition coefficient (Wildman–Crippen LogP) is -2.87. The number of carbonyl (C=O) groups excluding carboxylic acids is 2. The highest BCUT2D eigenvalue weighted by molar-refractivity contribution is 6.09. The largest absolute Gasteiger partial charge is 0.394 e. The SMILES string of the molecule is N[C@@H](Cc1ccccc1)C(=O)C(O)C(=O)[C@@H](O)[C@H](O)[C@H](O)CO. The third-order valence-corrected chi connectivity index (χ3v) is 3.40. The monoisotopic (exact) mass is 327 g/mol. The number of rotatable bonds is 9. The molecule has 1 aromatic carbocycles. The Kier molecular flexibility index (Phi) is 7.43. The maximum atomic E-state index is 12.0. The fraction of sp³-hybridized carbons (Fsp3) is 0.467. The highest BCUT2D eigenvalue weighted by atomic mass is 16.4. The van der Waals surface area contributed by atoms with E-state index in [4.69, 9.17) is 15.9 Å². The Bertz CT molecular complexity index is 522. The summed E-state index contributed by atoms with van der Waals surface area (Å²) in [6.45, 7) is -0.900. The summed E-state index contributed by atoms with van der Waals surface area (Å²) >= 11 is 0. The molecule has 1 aromatic rings. The van der Waals surface area contributed by atoms with Crippen LogP contribution >= 0.6 is 0 Å². The van der Waals surface area contributed by atoms with Crippen LogP contribution in [0.15, 0.2) is 30.3 Å². The molecule has 0 bridgehead atoms. The smallest absolute Gasteiger partial charge is 0.200 e. The van der Waals surface area contributed by atoms with E-state index in [0.717, 1.165) is 5.56 Å². The van der Waals surface area contributed by atoms with Crippen molar-refractivity contribution in [2.45, 2.75) is 36.9 Å². The van der Waals surface area contributed by atoms with Crippen LogP contribution in [0.3, 0.4) is 0 Å². The van der Waals surface area contributed by atoms with Crippen LogP contribution in [0.4, 0.5) is 0 Å². The number of aliphatic hydroxyl groups is 5. The van der Waals surface area contributed by atoms with Crippen molar-refractivity contribution in [3.63, 3.8) is 0 Å². The summed E-state index contributed by atoms with van der Waals surface area (Å²) in [7, 11) is 0. The van der Waals surface area contributed by atoms with Crippen molar-refractivity contribution >= 4 is 11.6 Å². The molecule has 0 aliphatic rings. The van der Waals surface area contributed by atoms with Gasteiger partial charge < -0.3 is 31.3 Å². The van der Waals surface area contributed by atoms with Gasteiger partial charge in [-0.15, -0.1) is 0 Å². The standard InChI is InChI=1S/C15H21NO7/c16-9(6-8-4-2-1-3-5-8)11(19)13(21)15(23)14(22)12(20)10(18)7-17/h1-5,9-10,12-14,17-18,20-22H,6-7,16H2/t9-,10+,12+,13?,14-/m0/s1. The maximum absolute atomic E-state index is 12.0. The average molecular weight is 327 g/mol. The number of carbonyl (C=O) groups is 2. The van der Waals surface area contributed by atoms with Gasteiger partial charge in [0, 0.05) is 0 Å². The summed E-state index contributed by atoms with van der Waals surface area (Å²) < 4.78 is 0. The van der Waals surface area contributed by atoms with Crippen LogP contribution in [0.2, 0.25) is 0 Å². The van der Waals surface area contributed by atoms with E-state index in [9.17, 15) is 24.9 Å². The molecule has 7 N–H and O–H groups in total. The van der Waals surface area contributed by atoms with Gasteiger partial charge in [0.15, 0.2) is 17.7 Å². The number of nitrogens with two attached hydrogens (primary N) is 1. The zero-order valence-corrected chi connectivity index (χ0v) is 12.3. The van der Waals surface area contributed by atoms with Crippen molar-refractivity contribution in [2.24, 2.45) is 5.73 Å². The molecule has 0 amide bonds. The van der Waals surface area contributed by atoms with Crippen molar-refractivity contribution in [3.05, 3.63) is 35.9 Å². The number of Topliss-reactive ketones (excluding diaryl/α,β-unsaturated/α-hetero) is 2. The molecule has 0 saturated carbocycles. The zero-order chi connectivity index (χ0) is 17.6. The second-order valence-electron chi connectivity index (χ2n) is 5.19. The van der Waals surface area contributed by atoms with E-state index in [1.807, 2.05) is 0 Å². The maximum Gasteiger partial charge on any atom is 0.200 e. The molecule has 0 aromatic heterocycles. The van der Waals surface area contributed by atoms with Crippen molar-refractivity contribution in [3.8, 4) is 0 Å². The molecule has 0 saturated heterocycles. The number of benzene rings is 1. The van der Waals surface area contributed by atoms with Gasteiger partial charge in [0.05, 0.1) is 12.6 Å². The molecule has 0 spiro atoms. The molecule has 5 atom stereocenters. The van der Waals surface area contributed by atoms with E-state index in [2.05, 4.69) is 0 Å². The fourth-order valence-electron chi connectivity index (χ4n) is 1.96. The number of aliphatic hydroxyl groups excluding tert-OH is 5. The molecule has 0 fully saturated rings. The summed E-state index contributed by atoms with van der Waals surface area (Å²) in [6.07, 6.45) is -8.18. The van der Waals surface area contributed by atoms with E-state index in [-0.39, 0.29) is 6.42 Å². The molecule has 8 heteroatoms. The Morgan fingerprint density at radius 3 is 2.09 bits per heavy atom. The van der Waals surface area contributed by atoms with Gasteiger partial charge in [-0.2, -0.15) is 0 Å². The molecule has 0 radical (unpaired) electrons. The van der Waals surface area contributed by atoms with Crippen molar-refractivity contribution < 1.29 is 35.1 Å². The first kappa shape index (κ1) is 19.4. The lowest BCUT2D eigenvalue weighted by Crippen LogP contribution is -2.52. The molecule has 0 aliphatic heterocycles. The fourth-order valence-corrected chi connectivity index (χ4v) is 1.96. The molecular weight excluding hydrogens is 306 g/mol. The third kappa shape index (κ3) is 5.17. The Balaban J connectivity index is 2.69. The summed E-state index contributed by atoms with van der Waals surface area (Å²) in [5.41, 5.74) is 6.38. The molecule has 128 valence electrons. The number of hydrogen-bond donors (Lipinski definition) is 6. The zero-order valence-electron chi connectivity index (χ0n) is 12.3. The van der Waals surface area contributed by atoms with Gasteiger partial charge in [-0.3, -0.25) is 9.59 Å². The van der Waals surface area contributed by atoms with Crippen LogP contribution in [0.25, 0.3) is 0 Å². The lowest BCUT2D eigenvalue weighted by atomic mass is 9.94. The first-order chi connectivity index (χ1) is 10.8. The number of hydrogen-bond acceptors (Lipinski definition) is 8. The molecule has 1 unspecified atom stereocenters. The first-order valence-corrected chi connectivity index (χ1v) is 6.99. The summed E-state index contributed by atoms with van der Waals surface area (Å²) in [4.78, 5) is 23.7. The Hall–Kier alpha value is -1.68. The summed E-state index contributed by atoms with van der Waals surface area (Å²) in [5.74, 6) is -2.40. The lowest BCUT2D eigenvalue weighted by Gasteiger charge is -2.23. The Labute approximate surface area is 132 Å². The quantitative estimate of drug-likeness (QED) is 0.264. The van der Waals surface area contributed by atoms with Crippen LogP contribution in [-0.4, -0.2) is 74.2 Å². The number of ketones is 2. The van der Waals surface area contributed by atoms with Gasteiger partial charge in [0.2, 0.25) is 0 Å². The second-order valence-corrected chi connectivity index (χ2v) is 5.19. The highest BCUT2D eigenvalue weighted by Crippen LogP contribution is 2.08. The average Bonchev–Trinajstić information content (AvgIpc) is 2.58. The van der Waals surface area contributed by atoms with E-state index in [1.54, 1.807) is 30.3 Å². The van der Waals surface area contributed by atoms with Crippen molar-refractivity contribution in [1.82, 2.24) is 0 Å². The molecular formula is C15H21NO7. The Morgan fingerprint density at radius 2 is 1.57 bits per heavy atom. The minimum Gasteiger partial charge on any atom is -0.394 e. The third-order valence-electron chi connectivity index (χ3n) is 3.40. The van der Waals surface area contributed by atoms with E-state index in [1.165, 1.54) is 0 Å². The normalized spacial score (nSPS) is 17.8. The van der Waals surface area contributed by atoms with E-state index >= 15 is 0 Å². The minimum atomic E-state index is -2.23. The predicted molar refractivity (Wildman–Crippen MR) is 79.2 cm³/mol. The van der Waals surface area contributed by atoms with Crippen LogP contribution in [0.5, 0.6) is 0 Å². The highest BCUT2D eigenvalue weighted by Gasteiger charge is 2.37. The molecule has 0 aliphatic carbocycles. The van der Waals surface area contributed by atoms with Crippen LogP contribution < -0.4 is 5.73 Å². The van der Waals surface area contributed by atoms with Gasteiger partial charge in [-0.05, 0) is 12.0 Å². The summed E-state index contributed by atoms with van der Waals surface area (Å²) in [6, 6.07) is 7.52. The van der Waals surface area contributed by atoms with Crippen LogP contribution in [0.1, 0.15) is 5.56 Å². The second kappa shape index (κ2) is 8.82. The Morgan fingerprint density at radius 1 is 1.00 bits per heavy atom. The van der Waals surface area contributed by atoms with E-state index < -0.39 is 48.6 Å². The molecule has 8 nitrogen and oxygen atoms in total. The van der Waals surface area contributed by atoms with Crippen molar-refractivity contribution in [1.29, 1.82) is 0 Å². The molecule has 1 rings (SSSR count). The van der Waals surface area contributed by atoms with Gasteiger partial charge >= 0.3 is 0 Å². The van der Waals surface area contributed by atoms with Crippen LogP contribution in [-0.2, 0) is 16.0 Å². The van der Waals surface area contributed by atoms with Gasteiger partial charge in [0.1, 0.15) is 18.3 Å². The first-order valence-electron chi connectivity index (χ1n) is 6.99.